The van der Waals surface area contributed by atoms with Gasteiger partial charge < -0.3 is 14.2 Å². The molecule has 0 fully saturated rings. The summed E-state index contributed by atoms with van der Waals surface area (Å²) in [4.78, 5) is 38.1. The Morgan fingerprint density at radius 1 is 0.300 bits per heavy atom. The molecule has 0 radical (unpaired) electrons. The molecule has 0 saturated heterocycles. The summed E-state index contributed by atoms with van der Waals surface area (Å²) in [6.07, 6.45) is 81.3. The minimum absolute atomic E-state index is 0.116. The van der Waals surface area contributed by atoms with Crippen molar-refractivity contribution < 1.29 is 28.6 Å². The molecule has 392 valence electrons. The zero-order valence-electron chi connectivity index (χ0n) is 44.7. The van der Waals surface area contributed by atoms with Crippen LogP contribution in [0.3, 0.4) is 0 Å². The van der Waals surface area contributed by atoms with Crippen LogP contribution >= 0.6 is 0 Å². The third-order valence-electron chi connectivity index (χ3n) is 11.1. The minimum Gasteiger partial charge on any atom is -0.462 e. The Hall–Kier alpha value is -4.71. The molecule has 0 aliphatic carbocycles. The maximum absolute atomic E-state index is 12.8. The lowest BCUT2D eigenvalue weighted by Crippen LogP contribution is -2.30. The van der Waals surface area contributed by atoms with E-state index in [1.165, 1.54) is 32.1 Å². The second-order valence-corrected chi connectivity index (χ2v) is 17.7. The van der Waals surface area contributed by atoms with E-state index in [0.717, 1.165) is 141 Å². The monoisotopic (exact) mass is 965 g/mol. The van der Waals surface area contributed by atoms with E-state index >= 15 is 0 Å². The van der Waals surface area contributed by atoms with Gasteiger partial charge in [0, 0.05) is 19.3 Å². The summed E-state index contributed by atoms with van der Waals surface area (Å²) in [5, 5.41) is 0. The number of hydrogen-bond donors (Lipinski definition) is 0. The second-order valence-electron chi connectivity index (χ2n) is 17.7. The van der Waals surface area contributed by atoms with Gasteiger partial charge in [0.05, 0.1) is 0 Å². The van der Waals surface area contributed by atoms with Crippen molar-refractivity contribution in [3.63, 3.8) is 0 Å². The minimum atomic E-state index is -0.823. The molecule has 0 aromatic rings. The zero-order chi connectivity index (χ0) is 50.7. The molecular weight excluding hydrogens is 865 g/mol. The third kappa shape index (κ3) is 54.2. The van der Waals surface area contributed by atoms with Crippen LogP contribution in [0.25, 0.3) is 0 Å². The molecular formula is C64H100O6. The van der Waals surface area contributed by atoms with Crippen LogP contribution in [0.5, 0.6) is 0 Å². The average Bonchev–Trinajstić information content (AvgIpc) is 3.36. The number of allylic oxidation sites excluding steroid dienone is 24. The first-order chi connectivity index (χ1) is 34.5. The molecule has 0 amide bonds. The topological polar surface area (TPSA) is 78.9 Å². The van der Waals surface area contributed by atoms with Crippen LogP contribution in [0.1, 0.15) is 220 Å². The lowest BCUT2D eigenvalue weighted by Gasteiger charge is -2.18. The van der Waals surface area contributed by atoms with Gasteiger partial charge in [0.25, 0.3) is 0 Å². The van der Waals surface area contributed by atoms with Crippen molar-refractivity contribution in [2.75, 3.05) is 13.2 Å². The van der Waals surface area contributed by atoms with Crippen molar-refractivity contribution in [3.05, 3.63) is 146 Å². The highest BCUT2D eigenvalue weighted by Crippen LogP contribution is 2.12. The van der Waals surface area contributed by atoms with Gasteiger partial charge in [-0.15, -0.1) is 0 Å². The Balaban J connectivity index is 4.49. The Kier molecular flexibility index (Phi) is 53.0. The number of rotatable bonds is 48. The molecule has 0 aromatic heterocycles. The van der Waals surface area contributed by atoms with Crippen molar-refractivity contribution in [1.82, 2.24) is 0 Å². The summed E-state index contributed by atoms with van der Waals surface area (Å²) in [6.45, 7) is 6.29. The second kappa shape index (κ2) is 56.9. The first-order valence-corrected chi connectivity index (χ1v) is 27.8. The highest BCUT2D eigenvalue weighted by Gasteiger charge is 2.19. The van der Waals surface area contributed by atoms with Crippen LogP contribution in [0.2, 0.25) is 0 Å². The van der Waals surface area contributed by atoms with E-state index in [-0.39, 0.29) is 37.5 Å². The van der Waals surface area contributed by atoms with E-state index in [2.05, 4.69) is 167 Å². The summed E-state index contributed by atoms with van der Waals surface area (Å²) < 4.78 is 16.7. The summed E-state index contributed by atoms with van der Waals surface area (Å²) in [5.74, 6) is -1.01. The number of carbonyl (C=O) groups excluding carboxylic acids is 3. The molecule has 0 aromatic carbocycles. The van der Waals surface area contributed by atoms with Gasteiger partial charge in [-0.05, 0) is 141 Å². The van der Waals surface area contributed by atoms with Crippen LogP contribution in [-0.4, -0.2) is 37.2 Å². The van der Waals surface area contributed by atoms with Gasteiger partial charge in [0.15, 0.2) is 6.10 Å². The first kappa shape index (κ1) is 65.3. The summed E-state index contributed by atoms with van der Waals surface area (Å²) in [6, 6.07) is 0. The van der Waals surface area contributed by atoms with Gasteiger partial charge in [-0.3, -0.25) is 14.4 Å². The number of ether oxygens (including phenoxy) is 3. The van der Waals surface area contributed by atoms with Gasteiger partial charge >= 0.3 is 17.9 Å². The molecule has 0 rings (SSSR count). The van der Waals surface area contributed by atoms with E-state index in [0.29, 0.717) is 19.3 Å². The molecule has 0 aliphatic heterocycles. The van der Waals surface area contributed by atoms with E-state index in [9.17, 15) is 14.4 Å². The third-order valence-corrected chi connectivity index (χ3v) is 11.1. The van der Waals surface area contributed by atoms with Crippen LogP contribution in [0.15, 0.2) is 146 Å². The summed E-state index contributed by atoms with van der Waals surface area (Å²) >= 11 is 0. The molecule has 6 heteroatoms. The van der Waals surface area contributed by atoms with Gasteiger partial charge in [-0.25, -0.2) is 0 Å². The highest BCUT2D eigenvalue weighted by atomic mass is 16.6. The quantitative estimate of drug-likeness (QED) is 0.0262. The highest BCUT2D eigenvalue weighted by molar-refractivity contribution is 5.71. The van der Waals surface area contributed by atoms with E-state index in [1.54, 1.807) is 0 Å². The molecule has 1 unspecified atom stereocenters. The first-order valence-electron chi connectivity index (χ1n) is 27.8. The molecule has 0 aliphatic rings. The van der Waals surface area contributed by atoms with Gasteiger partial charge in [-0.2, -0.15) is 0 Å². The SMILES string of the molecule is CC/C=C\C/C=C\C/C=C\C/C=C\C/C=C\C/C=C\C/C=C\CCCCCC(=O)OCC(COC(=O)CCCCCCC/C=C\CCCCC)OC(=O)CCCC/C=C\C/C=C\C/C=C\C/C=C\CC. The fraction of sp³-hybridized carbons (Fsp3) is 0.578. The van der Waals surface area contributed by atoms with E-state index < -0.39 is 6.10 Å². The summed E-state index contributed by atoms with van der Waals surface area (Å²) in [7, 11) is 0. The molecule has 0 heterocycles. The van der Waals surface area contributed by atoms with E-state index in [4.69, 9.17) is 14.2 Å². The molecule has 6 nitrogen and oxygen atoms in total. The van der Waals surface area contributed by atoms with Crippen molar-refractivity contribution in [3.8, 4) is 0 Å². The molecule has 0 saturated carbocycles. The van der Waals surface area contributed by atoms with E-state index in [1.807, 2.05) is 0 Å². The lowest BCUT2D eigenvalue weighted by molar-refractivity contribution is -0.167. The number of carbonyl (C=O) groups is 3. The van der Waals surface area contributed by atoms with Crippen molar-refractivity contribution in [2.45, 2.75) is 226 Å². The smallest absolute Gasteiger partial charge is 0.306 e. The van der Waals surface area contributed by atoms with Crippen LogP contribution in [0, 0.1) is 0 Å². The van der Waals surface area contributed by atoms with Crippen molar-refractivity contribution in [1.29, 1.82) is 0 Å². The zero-order valence-corrected chi connectivity index (χ0v) is 44.7. The molecule has 0 bridgehead atoms. The Morgan fingerprint density at radius 2 is 0.557 bits per heavy atom. The van der Waals surface area contributed by atoms with Gasteiger partial charge in [0.1, 0.15) is 13.2 Å². The predicted molar refractivity (Wildman–Crippen MR) is 302 cm³/mol. The van der Waals surface area contributed by atoms with Crippen molar-refractivity contribution >= 4 is 17.9 Å². The predicted octanol–water partition coefficient (Wildman–Crippen LogP) is 18.8. The van der Waals surface area contributed by atoms with Crippen LogP contribution in [-0.2, 0) is 28.6 Å². The maximum Gasteiger partial charge on any atom is 0.306 e. The largest absolute Gasteiger partial charge is 0.462 e. The molecule has 70 heavy (non-hydrogen) atoms. The standard InChI is InChI=1S/C64H100O6/c1-4-7-10-13-16-19-22-25-27-28-29-30-31-32-33-34-35-36-38-39-42-45-48-51-54-57-63(66)69-60-61(59-68-62(65)56-53-50-47-44-41-24-21-18-15-12-9-6-3)70-64(67)58-55-52-49-46-43-40-37-26-23-20-17-14-11-8-5-2/h7-8,10-11,16-21,25-27,29-30,32-33,35-37,39,42-43,46,61H,4-6,9,12-15,22-24,28,31,34,38,40-41,44-45,47-60H2,1-3H3/b10-7-,11-8-,19-16-,20-17-,21-18-,27-25-,30-29-,33-32-,36-35-,37-26-,42-39-,46-43-. The Labute approximate surface area is 429 Å². The molecule has 0 spiro atoms. The van der Waals surface area contributed by atoms with Gasteiger partial charge in [0.2, 0.25) is 0 Å². The summed E-state index contributed by atoms with van der Waals surface area (Å²) in [5.41, 5.74) is 0. The fourth-order valence-corrected chi connectivity index (χ4v) is 6.93. The lowest BCUT2D eigenvalue weighted by atomic mass is 10.1. The average molecular weight is 965 g/mol. The molecule has 0 N–H and O–H groups in total. The fourth-order valence-electron chi connectivity index (χ4n) is 6.93. The van der Waals surface area contributed by atoms with Gasteiger partial charge in [-0.1, -0.05) is 205 Å². The number of hydrogen-bond acceptors (Lipinski definition) is 6. The maximum atomic E-state index is 12.8. The molecule has 1 atom stereocenters. The number of esters is 3. The van der Waals surface area contributed by atoms with Crippen LogP contribution < -0.4 is 0 Å². The Bertz CT molecular complexity index is 1580. The van der Waals surface area contributed by atoms with Crippen LogP contribution in [0.4, 0.5) is 0 Å². The Morgan fingerprint density at radius 3 is 0.929 bits per heavy atom. The normalized spacial score (nSPS) is 13.2. The van der Waals surface area contributed by atoms with Crippen molar-refractivity contribution in [2.24, 2.45) is 0 Å². The number of unbranched alkanes of at least 4 members (excludes halogenated alkanes) is 13.